The Morgan fingerprint density at radius 2 is 2.11 bits per heavy atom. The van der Waals surface area contributed by atoms with Gasteiger partial charge in [-0.1, -0.05) is 6.07 Å². The van der Waals surface area contributed by atoms with E-state index in [0.29, 0.717) is 12.5 Å². The molecular weight excluding hydrogens is 267 g/mol. The van der Waals surface area contributed by atoms with Crippen molar-refractivity contribution >= 4 is 12.4 Å². The number of nitrogens with one attached hydrogen (secondary N) is 1. The third kappa shape index (κ3) is 4.07. The van der Waals surface area contributed by atoms with Crippen LogP contribution in [-0.4, -0.2) is 19.7 Å². The Morgan fingerprint density at radius 3 is 2.72 bits per heavy atom. The molecule has 1 saturated heterocycles. The van der Waals surface area contributed by atoms with Gasteiger partial charge < -0.3 is 10.1 Å². The SMILES string of the molecule is Cl.FC(F)(F)c1cccc(OCC2CCNC2)c1. The number of hydrogen-bond donors (Lipinski definition) is 1. The van der Waals surface area contributed by atoms with Crippen molar-refractivity contribution in [3.8, 4) is 5.75 Å². The molecular formula is C12H15ClF3NO. The molecule has 1 aromatic carbocycles. The first-order chi connectivity index (χ1) is 8.05. The van der Waals surface area contributed by atoms with Gasteiger partial charge in [0.25, 0.3) is 0 Å². The van der Waals surface area contributed by atoms with Crippen LogP contribution in [-0.2, 0) is 6.18 Å². The summed E-state index contributed by atoms with van der Waals surface area (Å²) in [7, 11) is 0. The van der Waals surface area contributed by atoms with E-state index in [9.17, 15) is 13.2 Å². The lowest BCUT2D eigenvalue weighted by molar-refractivity contribution is -0.137. The summed E-state index contributed by atoms with van der Waals surface area (Å²) in [6.45, 7) is 2.30. The summed E-state index contributed by atoms with van der Waals surface area (Å²) < 4.78 is 42.7. The van der Waals surface area contributed by atoms with Crippen molar-refractivity contribution in [2.24, 2.45) is 5.92 Å². The Hall–Kier alpha value is -0.940. The van der Waals surface area contributed by atoms with Crippen molar-refractivity contribution in [1.82, 2.24) is 5.32 Å². The summed E-state index contributed by atoms with van der Waals surface area (Å²) in [5, 5.41) is 3.18. The van der Waals surface area contributed by atoms with Gasteiger partial charge >= 0.3 is 6.18 Å². The molecule has 1 N–H and O–H groups in total. The quantitative estimate of drug-likeness (QED) is 0.919. The van der Waals surface area contributed by atoms with E-state index in [1.54, 1.807) is 6.07 Å². The van der Waals surface area contributed by atoms with Gasteiger partial charge in [-0.25, -0.2) is 0 Å². The normalized spacial score (nSPS) is 19.4. The molecule has 0 aliphatic carbocycles. The van der Waals surface area contributed by atoms with E-state index < -0.39 is 11.7 Å². The van der Waals surface area contributed by atoms with Gasteiger partial charge in [-0.15, -0.1) is 12.4 Å². The topological polar surface area (TPSA) is 21.3 Å². The average molecular weight is 282 g/mol. The zero-order valence-electron chi connectivity index (χ0n) is 9.67. The molecule has 2 rings (SSSR count). The van der Waals surface area contributed by atoms with Crippen LogP contribution in [0.15, 0.2) is 24.3 Å². The zero-order valence-corrected chi connectivity index (χ0v) is 10.5. The van der Waals surface area contributed by atoms with Gasteiger partial charge in [0.15, 0.2) is 0 Å². The van der Waals surface area contributed by atoms with Crippen LogP contribution in [0.1, 0.15) is 12.0 Å². The van der Waals surface area contributed by atoms with E-state index in [-0.39, 0.29) is 18.2 Å². The highest BCUT2D eigenvalue weighted by Crippen LogP contribution is 2.31. The maximum atomic E-state index is 12.4. The number of ether oxygens (including phenoxy) is 1. The fraction of sp³-hybridized carbons (Fsp3) is 0.500. The van der Waals surface area contributed by atoms with Gasteiger partial charge in [0.05, 0.1) is 12.2 Å². The monoisotopic (exact) mass is 281 g/mol. The van der Waals surface area contributed by atoms with E-state index >= 15 is 0 Å². The molecule has 0 aromatic heterocycles. The highest BCUT2D eigenvalue weighted by molar-refractivity contribution is 5.85. The first kappa shape index (κ1) is 15.1. The van der Waals surface area contributed by atoms with Gasteiger partial charge in [-0.05, 0) is 31.2 Å². The standard InChI is InChI=1S/C12H14F3NO.ClH/c13-12(14,15)10-2-1-3-11(6-10)17-8-9-4-5-16-7-9;/h1-3,6,9,16H,4-5,7-8H2;1H. The van der Waals surface area contributed by atoms with Crippen LogP contribution in [0.4, 0.5) is 13.2 Å². The lowest BCUT2D eigenvalue weighted by atomic mass is 10.1. The lowest BCUT2D eigenvalue weighted by Gasteiger charge is -2.12. The molecule has 1 heterocycles. The van der Waals surface area contributed by atoms with Crippen LogP contribution < -0.4 is 10.1 Å². The highest BCUT2D eigenvalue weighted by Gasteiger charge is 2.30. The van der Waals surface area contributed by atoms with Crippen molar-refractivity contribution < 1.29 is 17.9 Å². The fourth-order valence-electron chi connectivity index (χ4n) is 1.83. The second-order valence-electron chi connectivity index (χ2n) is 4.20. The molecule has 102 valence electrons. The third-order valence-electron chi connectivity index (χ3n) is 2.81. The van der Waals surface area contributed by atoms with Crippen molar-refractivity contribution in [3.63, 3.8) is 0 Å². The second kappa shape index (κ2) is 6.29. The molecule has 0 saturated carbocycles. The summed E-state index contributed by atoms with van der Waals surface area (Å²) in [5.74, 6) is 0.677. The molecule has 18 heavy (non-hydrogen) atoms. The van der Waals surface area contributed by atoms with Crippen molar-refractivity contribution in [3.05, 3.63) is 29.8 Å². The maximum Gasteiger partial charge on any atom is 0.416 e. The molecule has 0 radical (unpaired) electrons. The Balaban J connectivity index is 0.00000162. The Labute approximate surface area is 110 Å². The summed E-state index contributed by atoms with van der Waals surface area (Å²) >= 11 is 0. The minimum atomic E-state index is -4.31. The van der Waals surface area contributed by atoms with Gasteiger partial charge in [0.2, 0.25) is 0 Å². The smallest absolute Gasteiger partial charge is 0.416 e. The number of halogens is 4. The van der Waals surface area contributed by atoms with E-state index in [4.69, 9.17) is 4.74 Å². The molecule has 1 fully saturated rings. The minimum absolute atomic E-state index is 0. The Bertz CT molecular complexity index is 378. The minimum Gasteiger partial charge on any atom is -0.493 e. The van der Waals surface area contributed by atoms with Crippen LogP contribution in [0.25, 0.3) is 0 Å². The summed E-state index contributed by atoms with van der Waals surface area (Å²) in [6.07, 6.45) is -3.30. The van der Waals surface area contributed by atoms with Gasteiger partial charge in [-0.2, -0.15) is 13.2 Å². The van der Waals surface area contributed by atoms with E-state index in [1.807, 2.05) is 0 Å². The van der Waals surface area contributed by atoms with E-state index in [0.717, 1.165) is 31.6 Å². The number of alkyl halides is 3. The Kier molecular flexibility index (Phi) is 5.28. The lowest BCUT2D eigenvalue weighted by Crippen LogP contribution is -2.15. The second-order valence-corrected chi connectivity index (χ2v) is 4.20. The van der Waals surface area contributed by atoms with Crippen LogP contribution in [0, 0.1) is 5.92 Å². The first-order valence-electron chi connectivity index (χ1n) is 5.56. The molecule has 1 aliphatic rings. The molecule has 6 heteroatoms. The van der Waals surface area contributed by atoms with Crippen LogP contribution in [0.2, 0.25) is 0 Å². The van der Waals surface area contributed by atoms with Crippen LogP contribution in [0.3, 0.4) is 0 Å². The first-order valence-corrected chi connectivity index (χ1v) is 5.56. The number of rotatable bonds is 3. The third-order valence-corrected chi connectivity index (χ3v) is 2.81. The largest absolute Gasteiger partial charge is 0.493 e. The highest BCUT2D eigenvalue weighted by atomic mass is 35.5. The maximum absolute atomic E-state index is 12.4. The molecule has 2 nitrogen and oxygen atoms in total. The van der Waals surface area contributed by atoms with Crippen LogP contribution in [0.5, 0.6) is 5.75 Å². The molecule has 1 aromatic rings. The van der Waals surface area contributed by atoms with Gasteiger partial charge in [0.1, 0.15) is 5.75 Å². The molecule has 1 unspecified atom stereocenters. The molecule has 1 atom stereocenters. The van der Waals surface area contributed by atoms with Crippen molar-refractivity contribution in [2.75, 3.05) is 19.7 Å². The summed E-state index contributed by atoms with van der Waals surface area (Å²) in [5.41, 5.74) is -0.667. The van der Waals surface area contributed by atoms with Gasteiger partial charge in [0, 0.05) is 12.5 Å². The zero-order chi connectivity index (χ0) is 12.3. The van der Waals surface area contributed by atoms with Crippen molar-refractivity contribution in [1.29, 1.82) is 0 Å². The average Bonchev–Trinajstić information content (AvgIpc) is 2.78. The van der Waals surface area contributed by atoms with Crippen molar-refractivity contribution in [2.45, 2.75) is 12.6 Å². The predicted octanol–water partition coefficient (Wildman–Crippen LogP) is 3.12. The van der Waals surface area contributed by atoms with E-state index in [2.05, 4.69) is 5.32 Å². The molecule has 0 spiro atoms. The summed E-state index contributed by atoms with van der Waals surface area (Å²) in [6, 6.07) is 5.01. The fourth-order valence-corrected chi connectivity index (χ4v) is 1.83. The van der Waals surface area contributed by atoms with Gasteiger partial charge in [-0.3, -0.25) is 0 Å². The molecule has 1 aliphatic heterocycles. The molecule has 0 amide bonds. The number of benzene rings is 1. The van der Waals surface area contributed by atoms with Crippen LogP contribution >= 0.6 is 12.4 Å². The Morgan fingerprint density at radius 1 is 1.33 bits per heavy atom. The summed E-state index contributed by atoms with van der Waals surface area (Å²) in [4.78, 5) is 0. The number of hydrogen-bond acceptors (Lipinski definition) is 2. The predicted molar refractivity (Wildman–Crippen MR) is 65.2 cm³/mol. The molecule has 0 bridgehead atoms. The van der Waals surface area contributed by atoms with E-state index in [1.165, 1.54) is 6.07 Å².